The van der Waals surface area contributed by atoms with Gasteiger partial charge in [0.25, 0.3) is 5.56 Å². The number of H-pyrrole nitrogens is 1. The summed E-state index contributed by atoms with van der Waals surface area (Å²) in [7, 11) is 0. The summed E-state index contributed by atoms with van der Waals surface area (Å²) in [5, 5.41) is 17.0. The maximum Gasteiger partial charge on any atom is 0.284 e. The molecule has 184 valence electrons. The molecule has 8 heteroatoms. The second-order valence-electron chi connectivity index (χ2n) is 8.70. The molecule has 0 saturated carbocycles. The van der Waals surface area contributed by atoms with Crippen LogP contribution in [0.5, 0.6) is 0 Å². The lowest BCUT2D eigenvalue weighted by Gasteiger charge is -2.13. The first-order valence-electron chi connectivity index (χ1n) is 12.0. The van der Waals surface area contributed by atoms with Crippen LogP contribution >= 0.6 is 0 Å². The van der Waals surface area contributed by atoms with E-state index in [1.54, 1.807) is 6.20 Å². The van der Waals surface area contributed by atoms with Crippen LogP contribution in [0.1, 0.15) is 0 Å². The van der Waals surface area contributed by atoms with Gasteiger partial charge in [-0.05, 0) is 41.6 Å². The lowest BCUT2D eigenvalue weighted by molar-refractivity contribution is 0.907. The van der Waals surface area contributed by atoms with Crippen LogP contribution in [0.15, 0.2) is 114 Å². The monoisotopic (exact) mass is 497 g/mol. The van der Waals surface area contributed by atoms with Crippen LogP contribution in [0.4, 0.5) is 5.82 Å². The van der Waals surface area contributed by atoms with Gasteiger partial charge in [0.1, 0.15) is 23.0 Å². The Hall–Kier alpha value is -5.50. The predicted molar refractivity (Wildman–Crippen MR) is 152 cm³/mol. The molecule has 0 spiro atoms. The first-order valence-corrected chi connectivity index (χ1v) is 12.0. The van der Waals surface area contributed by atoms with Crippen LogP contribution < -0.4 is 16.6 Å². The molecule has 6 aromatic rings. The number of rotatable bonds is 5. The van der Waals surface area contributed by atoms with Crippen molar-refractivity contribution in [2.75, 3.05) is 5.32 Å². The van der Waals surface area contributed by atoms with Crippen molar-refractivity contribution >= 4 is 28.2 Å². The molecule has 0 atom stereocenters. The molecule has 0 amide bonds. The Kier molecular flexibility index (Phi) is 5.74. The molecule has 5 N–H and O–H groups in total. The number of benzene rings is 3. The minimum Gasteiger partial charge on any atom is -0.404 e. The zero-order chi connectivity index (χ0) is 26.1. The number of aromatic nitrogens is 4. The fraction of sp³-hybridized carbons (Fsp3) is 0. The maximum atomic E-state index is 14.2. The quantitative estimate of drug-likeness (QED) is 0.187. The lowest BCUT2D eigenvalue weighted by Crippen LogP contribution is -2.22. The third kappa shape index (κ3) is 4.00. The van der Waals surface area contributed by atoms with Gasteiger partial charge in [0, 0.05) is 17.1 Å². The summed E-state index contributed by atoms with van der Waals surface area (Å²) >= 11 is 0. The number of fused-ring (bicyclic) bond motifs is 2. The molecule has 0 fully saturated rings. The van der Waals surface area contributed by atoms with Gasteiger partial charge in [-0.1, -0.05) is 72.8 Å². The zero-order valence-corrected chi connectivity index (χ0v) is 20.2. The van der Waals surface area contributed by atoms with Crippen LogP contribution in [0, 0.1) is 5.41 Å². The molecule has 6 rings (SSSR count). The highest BCUT2D eigenvalue weighted by atomic mass is 16.1. The summed E-state index contributed by atoms with van der Waals surface area (Å²) < 4.78 is 1.40. The minimum atomic E-state index is -0.326. The van der Waals surface area contributed by atoms with Crippen LogP contribution in [-0.2, 0) is 0 Å². The van der Waals surface area contributed by atoms with Gasteiger partial charge >= 0.3 is 0 Å². The van der Waals surface area contributed by atoms with E-state index in [2.05, 4.69) is 15.3 Å². The number of anilines is 1. The summed E-state index contributed by atoms with van der Waals surface area (Å²) in [6.07, 6.45) is 4.42. The summed E-state index contributed by atoms with van der Waals surface area (Å²) in [6, 6.07) is 29.0. The van der Waals surface area contributed by atoms with E-state index < -0.39 is 0 Å². The molecule has 3 aromatic carbocycles. The largest absolute Gasteiger partial charge is 0.404 e. The van der Waals surface area contributed by atoms with Crippen molar-refractivity contribution in [3.63, 3.8) is 0 Å². The standard InChI is InChI=1S/C30H23N7O/c31-16-15-24(32)34-28-26(22-13-14-23-21(18-22)12-7-17-33-23)30(38)37-29(35-28)25(19-8-3-1-4-9-19)27(36-37)20-10-5-2-6-11-20/h1-18,35H,31H2,(H2,32,34)/b16-15-. The smallest absolute Gasteiger partial charge is 0.284 e. The Morgan fingerprint density at radius 1 is 0.895 bits per heavy atom. The second-order valence-corrected chi connectivity index (χ2v) is 8.70. The summed E-state index contributed by atoms with van der Waals surface area (Å²) in [5.41, 5.74) is 10.8. The normalized spacial score (nSPS) is 11.4. The van der Waals surface area contributed by atoms with Crippen LogP contribution in [0.2, 0.25) is 0 Å². The lowest BCUT2D eigenvalue weighted by atomic mass is 10.0. The third-order valence-electron chi connectivity index (χ3n) is 6.31. The van der Waals surface area contributed by atoms with E-state index in [-0.39, 0.29) is 11.4 Å². The number of nitrogens with two attached hydrogens (primary N) is 1. The van der Waals surface area contributed by atoms with E-state index in [0.29, 0.717) is 28.3 Å². The van der Waals surface area contributed by atoms with Crippen molar-refractivity contribution in [3.05, 3.63) is 120 Å². The molecular weight excluding hydrogens is 474 g/mol. The maximum absolute atomic E-state index is 14.2. The molecule has 0 aliphatic carbocycles. The first kappa shape index (κ1) is 22.9. The van der Waals surface area contributed by atoms with Gasteiger partial charge in [-0.3, -0.25) is 15.2 Å². The molecule has 8 nitrogen and oxygen atoms in total. The fourth-order valence-corrected chi connectivity index (χ4v) is 4.62. The van der Waals surface area contributed by atoms with Crippen molar-refractivity contribution in [2.24, 2.45) is 5.73 Å². The molecule has 3 aromatic heterocycles. The Labute approximate surface area is 217 Å². The van der Waals surface area contributed by atoms with Crippen molar-refractivity contribution in [1.29, 1.82) is 5.41 Å². The fourth-order valence-electron chi connectivity index (χ4n) is 4.62. The average molecular weight is 498 g/mol. The second kappa shape index (κ2) is 9.51. The molecule has 3 heterocycles. The van der Waals surface area contributed by atoms with Crippen molar-refractivity contribution < 1.29 is 0 Å². The molecule has 0 unspecified atom stereocenters. The van der Waals surface area contributed by atoms with E-state index in [9.17, 15) is 4.79 Å². The Bertz CT molecular complexity index is 1890. The topological polar surface area (TPSA) is 125 Å². The highest BCUT2D eigenvalue weighted by Gasteiger charge is 2.23. The number of pyridine rings is 1. The summed E-state index contributed by atoms with van der Waals surface area (Å²) in [6.45, 7) is 0. The highest BCUT2D eigenvalue weighted by molar-refractivity contribution is 6.04. The van der Waals surface area contributed by atoms with E-state index in [4.69, 9.17) is 16.2 Å². The van der Waals surface area contributed by atoms with Crippen molar-refractivity contribution in [3.8, 4) is 33.5 Å². The van der Waals surface area contributed by atoms with Gasteiger partial charge in [0.15, 0.2) is 0 Å². The number of hydrogen-bond donors (Lipinski definition) is 4. The predicted octanol–water partition coefficient (Wildman–Crippen LogP) is 5.43. The Balaban J connectivity index is 1.69. The highest BCUT2D eigenvalue weighted by Crippen LogP contribution is 2.36. The molecular formula is C30H23N7O. The van der Waals surface area contributed by atoms with Gasteiger partial charge < -0.3 is 16.0 Å². The SMILES string of the molecule is N=C(/C=C\N)Nc1[nH]c2c(-c3ccccc3)c(-c3ccccc3)nn2c(=O)c1-c1ccc2ncccc2c1. The van der Waals surface area contributed by atoms with Crippen molar-refractivity contribution in [2.45, 2.75) is 0 Å². The summed E-state index contributed by atoms with van der Waals surface area (Å²) in [5.74, 6) is 0.394. The van der Waals surface area contributed by atoms with Gasteiger partial charge in [-0.15, -0.1) is 0 Å². The van der Waals surface area contributed by atoms with E-state index in [1.807, 2.05) is 91.0 Å². The Morgan fingerprint density at radius 2 is 1.63 bits per heavy atom. The third-order valence-corrected chi connectivity index (χ3v) is 6.31. The first-order chi connectivity index (χ1) is 18.6. The molecule has 0 aliphatic heterocycles. The minimum absolute atomic E-state index is 0.0280. The number of nitrogens with zero attached hydrogens (tertiary/aromatic N) is 3. The number of nitrogens with one attached hydrogen (secondary N) is 3. The van der Waals surface area contributed by atoms with Crippen LogP contribution in [0.3, 0.4) is 0 Å². The number of aromatic amines is 1. The van der Waals surface area contributed by atoms with Gasteiger partial charge in [-0.2, -0.15) is 9.61 Å². The van der Waals surface area contributed by atoms with Crippen molar-refractivity contribution in [1.82, 2.24) is 19.6 Å². The van der Waals surface area contributed by atoms with Gasteiger partial charge in [0.05, 0.1) is 16.6 Å². The summed E-state index contributed by atoms with van der Waals surface area (Å²) in [4.78, 5) is 21.9. The molecule has 0 aliphatic rings. The molecule has 0 bridgehead atoms. The van der Waals surface area contributed by atoms with Crippen LogP contribution in [0.25, 0.3) is 50.1 Å². The van der Waals surface area contributed by atoms with Gasteiger partial charge in [0.2, 0.25) is 0 Å². The average Bonchev–Trinajstić information content (AvgIpc) is 3.34. The van der Waals surface area contributed by atoms with E-state index in [0.717, 1.165) is 27.6 Å². The molecule has 38 heavy (non-hydrogen) atoms. The van der Waals surface area contributed by atoms with Crippen LogP contribution in [-0.4, -0.2) is 25.4 Å². The van der Waals surface area contributed by atoms with E-state index in [1.165, 1.54) is 16.8 Å². The number of amidine groups is 1. The van der Waals surface area contributed by atoms with Gasteiger partial charge in [-0.25, -0.2) is 0 Å². The molecule has 0 radical (unpaired) electrons. The zero-order valence-electron chi connectivity index (χ0n) is 20.2. The Morgan fingerprint density at radius 3 is 2.37 bits per heavy atom. The van der Waals surface area contributed by atoms with E-state index >= 15 is 0 Å². The number of hydrogen-bond acceptors (Lipinski definition) is 5. The molecule has 0 saturated heterocycles.